The topological polar surface area (TPSA) is 75.9 Å². The molecule has 0 N–H and O–H groups in total. The molecule has 0 spiro atoms. The van der Waals surface area contributed by atoms with Crippen molar-refractivity contribution in [3.63, 3.8) is 0 Å². The third-order valence-corrected chi connectivity index (χ3v) is 6.32. The maximum absolute atomic E-state index is 13.7. The Morgan fingerprint density at radius 2 is 1.85 bits per heavy atom. The SMILES string of the molecule is Cc1cccc(-c2ocnc2C(=O)N2CC(Oc3ccccc3)CC2C(=O)N2CCCC2)c1. The summed E-state index contributed by atoms with van der Waals surface area (Å²) >= 11 is 0. The second-order valence-electron chi connectivity index (χ2n) is 8.69. The average Bonchev–Trinajstić information content (AvgIpc) is 3.60. The van der Waals surface area contributed by atoms with Crippen LogP contribution in [0.1, 0.15) is 35.3 Å². The van der Waals surface area contributed by atoms with Crippen molar-refractivity contribution in [2.24, 2.45) is 0 Å². The molecule has 2 aromatic carbocycles. The molecule has 2 atom stereocenters. The van der Waals surface area contributed by atoms with E-state index >= 15 is 0 Å². The van der Waals surface area contributed by atoms with E-state index < -0.39 is 6.04 Å². The van der Waals surface area contributed by atoms with Crippen molar-refractivity contribution in [1.29, 1.82) is 0 Å². The molecule has 0 bridgehead atoms. The molecule has 0 radical (unpaired) electrons. The van der Waals surface area contributed by atoms with Gasteiger partial charge in [-0.2, -0.15) is 0 Å². The van der Waals surface area contributed by atoms with Gasteiger partial charge in [0.05, 0.1) is 6.54 Å². The Morgan fingerprint density at radius 3 is 2.61 bits per heavy atom. The molecule has 7 nitrogen and oxygen atoms in total. The number of carbonyl (C=O) groups excluding carboxylic acids is 2. The highest BCUT2D eigenvalue weighted by Crippen LogP contribution is 2.30. The third-order valence-electron chi connectivity index (χ3n) is 6.32. The van der Waals surface area contributed by atoms with Gasteiger partial charge in [0, 0.05) is 25.1 Å². The van der Waals surface area contributed by atoms with Crippen molar-refractivity contribution >= 4 is 11.8 Å². The molecule has 7 heteroatoms. The Kier molecular flexibility index (Phi) is 5.86. The fourth-order valence-corrected chi connectivity index (χ4v) is 4.71. The summed E-state index contributed by atoms with van der Waals surface area (Å²) in [6, 6.07) is 16.7. The zero-order valence-electron chi connectivity index (χ0n) is 18.6. The Hall–Kier alpha value is -3.61. The first kappa shape index (κ1) is 21.2. The molecule has 2 fully saturated rings. The number of hydrogen-bond acceptors (Lipinski definition) is 5. The van der Waals surface area contributed by atoms with Gasteiger partial charge in [0.15, 0.2) is 17.8 Å². The van der Waals surface area contributed by atoms with E-state index in [2.05, 4.69) is 4.98 Å². The first-order valence-electron chi connectivity index (χ1n) is 11.4. The lowest BCUT2D eigenvalue weighted by atomic mass is 10.1. The minimum absolute atomic E-state index is 0.0133. The van der Waals surface area contributed by atoms with E-state index in [4.69, 9.17) is 9.15 Å². The van der Waals surface area contributed by atoms with Gasteiger partial charge in [-0.15, -0.1) is 0 Å². The average molecular weight is 446 g/mol. The van der Waals surface area contributed by atoms with Crippen LogP contribution in [0, 0.1) is 6.92 Å². The van der Waals surface area contributed by atoms with Crippen LogP contribution in [0.4, 0.5) is 0 Å². The van der Waals surface area contributed by atoms with Gasteiger partial charge in [0.1, 0.15) is 17.9 Å². The predicted molar refractivity (Wildman–Crippen MR) is 123 cm³/mol. The fraction of sp³-hybridized carbons (Fsp3) is 0.346. The summed E-state index contributed by atoms with van der Waals surface area (Å²) in [4.78, 5) is 34.8. The van der Waals surface area contributed by atoms with Crippen LogP contribution in [0.3, 0.4) is 0 Å². The Labute approximate surface area is 193 Å². The Bertz CT molecular complexity index is 1140. The summed E-state index contributed by atoms with van der Waals surface area (Å²) in [5, 5.41) is 0. The van der Waals surface area contributed by atoms with Gasteiger partial charge < -0.3 is 19.0 Å². The number of rotatable bonds is 5. The number of hydrogen-bond donors (Lipinski definition) is 0. The molecule has 170 valence electrons. The molecule has 5 rings (SSSR count). The quantitative estimate of drug-likeness (QED) is 0.595. The van der Waals surface area contributed by atoms with Gasteiger partial charge in [0.25, 0.3) is 5.91 Å². The molecule has 2 saturated heterocycles. The summed E-state index contributed by atoms with van der Waals surface area (Å²) < 4.78 is 11.8. The van der Waals surface area contributed by atoms with Crippen LogP contribution in [0.2, 0.25) is 0 Å². The number of carbonyl (C=O) groups is 2. The zero-order chi connectivity index (χ0) is 22.8. The number of likely N-dealkylation sites (tertiary alicyclic amines) is 2. The van der Waals surface area contributed by atoms with Crippen molar-refractivity contribution in [2.45, 2.75) is 38.3 Å². The van der Waals surface area contributed by atoms with Gasteiger partial charge in [0.2, 0.25) is 5.91 Å². The van der Waals surface area contributed by atoms with Crippen LogP contribution >= 0.6 is 0 Å². The number of nitrogens with zero attached hydrogens (tertiary/aromatic N) is 3. The van der Waals surface area contributed by atoms with E-state index in [0.717, 1.165) is 42.8 Å². The van der Waals surface area contributed by atoms with Crippen molar-refractivity contribution in [1.82, 2.24) is 14.8 Å². The number of para-hydroxylation sites is 1. The standard InChI is InChI=1S/C26H27N3O4/c1-18-8-7-9-19(14-18)24-23(27-17-32-24)26(31)29-16-21(33-20-10-3-2-4-11-20)15-22(29)25(30)28-12-5-6-13-28/h2-4,7-11,14,17,21-22H,5-6,12-13,15-16H2,1H3. The van der Waals surface area contributed by atoms with Crippen molar-refractivity contribution in [3.05, 3.63) is 72.2 Å². The minimum Gasteiger partial charge on any atom is -0.488 e. The molecule has 2 amide bonds. The van der Waals surface area contributed by atoms with Crippen molar-refractivity contribution in [3.8, 4) is 17.1 Å². The van der Waals surface area contributed by atoms with Crippen molar-refractivity contribution in [2.75, 3.05) is 19.6 Å². The summed E-state index contributed by atoms with van der Waals surface area (Å²) in [5.41, 5.74) is 2.07. The van der Waals surface area contributed by atoms with Crippen LogP contribution in [0.15, 0.2) is 65.4 Å². The summed E-state index contributed by atoms with van der Waals surface area (Å²) in [7, 11) is 0. The summed E-state index contributed by atoms with van der Waals surface area (Å²) in [5.74, 6) is 0.826. The maximum Gasteiger partial charge on any atom is 0.277 e. The van der Waals surface area contributed by atoms with Crippen LogP contribution < -0.4 is 4.74 Å². The monoisotopic (exact) mass is 445 g/mol. The van der Waals surface area contributed by atoms with Crippen LogP contribution in [0.25, 0.3) is 11.3 Å². The molecule has 0 saturated carbocycles. The second-order valence-corrected chi connectivity index (χ2v) is 8.69. The fourth-order valence-electron chi connectivity index (χ4n) is 4.71. The first-order valence-corrected chi connectivity index (χ1v) is 11.4. The van der Waals surface area contributed by atoms with Crippen LogP contribution in [-0.2, 0) is 4.79 Å². The molecule has 0 aliphatic carbocycles. The Balaban J connectivity index is 1.43. The van der Waals surface area contributed by atoms with E-state index in [-0.39, 0.29) is 23.6 Å². The highest BCUT2D eigenvalue weighted by Gasteiger charge is 2.44. The van der Waals surface area contributed by atoms with Crippen LogP contribution in [-0.4, -0.2) is 58.4 Å². The van der Waals surface area contributed by atoms with E-state index in [1.54, 1.807) is 4.90 Å². The van der Waals surface area contributed by atoms with E-state index in [1.807, 2.05) is 66.4 Å². The lowest BCUT2D eigenvalue weighted by molar-refractivity contribution is -0.134. The van der Waals surface area contributed by atoms with Gasteiger partial charge in [-0.05, 0) is 38.0 Å². The minimum atomic E-state index is -0.577. The maximum atomic E-state index is 13.7. The molecular formula is C26H27N3O4. The summed E-state index contributed by atoms with van der Waals surface area (Å²) in [6.07, 6.45) is 3.46. The van der Waals surface area contributed by atoms with Crippen molar-refractivity contribution < 1.29 is 18.7 Å². The number of benzene rings is 2. The largest absolute Gasteiger partial charge is 0.488 e. The molecule has 33 heavy (non-hydrogen) atoms. The molecule has 2 unspecified atom stereocenters. The molecule has 2 aliphatic rings. The number of aromatic nitrogens is 1. The summed E-state index contributed by atoms with van der Waals surface area (Å²) in [6.45, 7) is 3.77. The lowest BCUT2D eigenvalue weighted by Gasteiger charge is -2.27. The number of oxazole rings is 1. The molecule has 3 aromatic rings. The first-order chi connectivity index (χ1) is 16.1. The predicted octanol–water partition coefficient (Wildman–Crippen LogP) is 3.93. The number of aryl methyl sites for hydroxylation is 1. The Morgan fingerprint density at radius 1 is 1.06 bits per heavy atom. The number of ether oxygens (including phenoxy) is 1. The van der Waals surface area contributed by atoms with Gasteiger partial charge in [-0.1, -0.05) is 42.0 Å². The van der Waals surface area contributed by atoms with E-state index in [0.29, 0.717) is 18.7 Å². The number of amides is 2. The molecular weight excluding hydrogens is 418 g/mol. The second kappa shape index (κ2) is 9.10. The van der Waals surface area contributed by atoms with Gasteiger partial charge in [-0.25, -0.2) is 4.98 Å². The zero-order valence-corrected chi connectivity index (χ0v) is 18.6. The highest BCUT2D eigenvalue weighted by atomic mass is 16.5. The molecule has 3 heterocycles. The smallest absolute Gasteiger partial charge is 0.277 e. The van der Waals surface area contributed by atoms with Crippen LogP contribution in [0.5, 0.6) is 5.75 Å². The molecule has 2 aliphatic heterocycles. The van der Waals surface area contributed by atoms with E-state index in [9.17, 15) is 9.59 Å². The third kappa shape index (κ3) is 4.35. The van der Waals surface area contributed by atoms with Gasteiger partial charge in [-0.3, -0.25) is 9.59 Å². The highest BCUT2D eigenvalue weighted by molar-refractivity contribution is 6.00. The van der Waals surface area contributed by atoms with E-state index in [1.165, 1.54) is 6.39 Å². The van der Waals surface area contributed by atoms with Gasteiger partial charge >= 0.3 is 0 Å². The molecule has 1 aromatic heterocycles. The normalized spacial score (nSPS) is 20.3. The lowest BCUT2D eigenvalue weighted by Crippen LogP contribution is -2.47.